The van der Waals surface area contributed by atoms with Gasteiger partial charge >= 0.3 is 0 Å². The maximum absolute atomic E-state index is 13.8. The van der Waals surface area contributed by atoms with E-state index in [2.05, 4.69) is 268 Å². The molecular formula is C76H135N7O7Si5. The number of H-pyrrole nitrogens is 1. The maximum Gasteiger partial charge on any atom is 0.251 e. The molecule has 3 N–H and O–H groups in total. The Balaban J connectivity index is 1.17. The Kier molecular flexibility index (Phi) is 27.4. The third-order valence-electron chi connectivity index (χ3n) is 23.1. The van der Waals surface area contributed by atoms with Crippen LogP contribution >= 0.6 is 0 Å². The minimum atomic E-state index is -2.21. The van der Waals surface area contributed by atoms with Gasteiger partial charge in [-0.1, -0.05) is 163 Å². The number of fused-ring (bicyclic) bond motifs is 2. The van der Waals surface area contributed by atoms with Crippen molar-refractivity contribution in [1.29, 1.82) is 0 Å². The second kappa shape index (κ2) is 31.6. The summed E-state index contributed by atoms with van der Waals surface area (Å²) in [4.78, 5) is 45.5. The topological polar surface area (TPSA) is 152 Å². The monoisotopic (exact) mass is 1400 g/mol. The van der Waals surface area contributed by atoms with Crippen LogP contribution in [0.15, 0.2) is 65.7 Å². The fraction of sp³-hybridized carbons (Fsp3) is 0.711. The Hall–Kier alpha value is -3.46. The van der Waals surface area contributed by atoms with Crippen molar-refractivity contribution in [2.24, 2.45) is 28.7 Å². The molecular weight excluding hydrogens is 1260 g/mol. The molecule has 19 heteroatoms. The first-order valence-electron chi connectivity index (χ1n) is 35.8. The van der Waals surface area contributed by atoms with Crippen LogP contribution in [-0.4, -0.2) is 163 Å². The summed E-state index contributed by atoms with van der Waals surface area (Å²) >= 11 is 0. The summed E-state index contributed by atoms with van der Waals surface area (Å²) in [6.07, 6.45) is 1.55. The van der Waals surface area contributed by atoms with Crippen LogP contribution in [0.1, 0.15) is 177 Å². The number of imidazole rings is 1. The summed E-state index contributed by atoms with van der Waals surface area (Å²) in [5.41, 5.74) is 7.61. The molecule has 1 aliphatic heterocycles. The van der Waals surface area contributed by atoms with Gasteiger partial charge in [-0.15, -0.1) is 0 Å². The zero-order valence-corrected chi connectivity index (χ0v) is 70.9. The van der Waals surface area contributed by atoms with E-state index in [0.717, 1.165) is 71.0 Å². The number of nitrogens with zero attached hydrogens (tertiary/aromatic N) is 4. The van der Waals surface area contributed by atoms with E-state index in [0.29, 0.717) is 43.8 Å². The molecule has 0 fully saturated rings. The number of hydrogen-bond donors (Lipinski definition) is 3. The van der Waals surface area contributed by atoms with E-state index >= 15 is 0 Å². The van der Waals surface area contributed by atoms with Crippen molar-refractivity contribution >= 4 is 75.8 Å². The van der Waals surface area contributed by atoms with Gasteiger partial charge in [0.25, 0.3) is 11.8 Å². The number of rotatable bonds is 32. The average molecular weight is 1400 g/mol. The lowest BCUT2D eigenvalue weighted by atomic mass is 9.88. The zero-order valence-electron chi connectivity index (χ0n) is 65.9. The molecule has 0 aliphatic carbocycles. The van der Waals surface area contributed by atoms with Crippen molar-refractivity contribution in [3.05, 3.63) is 82.9 Å². The molecule has 0 bridgehead atoms. The second-order valence-corrected chi connectivity index (χ2v) is 60.0. The molecule has 0 saturated heterocycles. The van der Waals surface area contributed by atoms with E-state index in [1.165, 1.54) is 0 Å². The molecule has 4 aromatic rings. The summed E-state index contributed by atoms with van der Waals surface area (Å²) in [6.45, 7) is 74.4. The molecule has 5 rings (SSSR count). The summed E-state index contributed by atoms with van der Waals surface area (Å²) in [5.74, 6) is 1.24. The molecule has 2 heterocycles. The van der Waals surface area contributed by atoms with Crippen molar-refractivity contribution < 1.29 is 31.7 Å². The SMILES string of the molecule is CC[C@@H](O[Si](C)(C)C(C)(C)C)[C@@H](C)[C@H](O[Si](C)(C)C(C)(C)C)[C@@H](C)CN(C)CCNC(=O)c1ccc2c(c1)CC(c1ccc(-c3nc4ccc(C(=O)NCCN(C)C[C@H](C)[C@@H](O[Si](C)(C)C(C)(C)C)[C@H](C)[C@@H](CO[Si](C)(C)C(C)(C)C)O[Si](C)(C)C(C)(C)C)cc4[nH]3)cc1)=N2. The number of carbonyl (C=O) groups excluding carboxylic acids is 2. The van der Waals surface area contributed by atoms with Crippen LogP contribution in [0.4, 0.5) is 5.69 Å². The Morgan fingerprint density at radius 1 is 0.537 bits per heavy atom. The number of hydrogen-bond acceptors (Lipinski definition) is 11. The number of aliphatic imine (C=N–C) groups is 1. The van der Waals surface area contributed by atoms with Gasteiger partial charge in [0.15, 0.2) is 41.6 Å². The van der Waals surface area contributed by atoms with E-state index in [4.69, 9.17) is 32.1 Å². The standard InChI is InChI=1S/C76H135N7O7Si5/c1-33-65(87-92(25,26)73(9,10)11)54(4)67(89-94(29,30)75(15,16)17)52(2)49-82(21)44-42-77-70(84)58-38-40-61-60(46-58)48-63(79-61)56-34-36-57(37-35-56)69-80-62-41-39-59(47-64(62)81-69)71(85)78-43-45-83(22)50-53(3)68(90-95(31,32)76(18,19)20)55(5)66(88-93(27,28)74(12,13)14)51-86-91(23,24)72(6,7)8/h34-41,46-47,52-55,65-68H,33,42-45,48-51H2,1-32H3,(H,77,84)(H,78,85)(H,80,81)/t52-,53-,54+,55+,65+,66+,67+,68+/m0/s1. The Bertz CT molecular complexity index is 3200. The fourth-order valence-electron chi connectivity index (χ4n) is 11.3. The highest BCUT2D eigenvalue weighted by molar-refractivity contribution is 6.76. The van der Waals surface area contributed by atoms with Crippen LogP contribution in [0.5, 0.6) is 0 Å². The van der Waals surface area contributed by atoms with Gasteiger partial charge in [-0.2, -0.15) is 0 Å². The Morgan fingerprint density at radius 3 is 1.38 bits per heavy atom. The van der Waals surface area contributed by atoms with Crippen LogP contribution in [0.3, 0.4) is 0 Å². The first-order chi connectivity index (χ1) is 43.2. The van der Waals surface area contributed by atoms with Crippen LogP contribution < -0.4 is 10.6 Å². The van der Waals surface area contributed by atoms with Crippen molar-refractivity contribution in [2.75, 3.05) is 60.0 Å². The summed E-state index contributed by atoms with van der Waals surface area (Å²) in [7, 11) is -6.29. The summed E-state index contributed by atoms with van der Waals surface area (Å²) in [5, 5.41) is 6.77. The average Bonchev–Trinajstić information content (AvgIpc) is 1.66. The molecule has 8 atom stereocenters. The molecule has 0 saturated carbocycles. The minimum Gasteiger partial charge on any atom is -0.414 e. The van der Waals surface area contributed by atoms with Gasteiger partial charge in [0.2, 0.25) is 0 Å². The summed E-state index contributed by atoms with van der Waals surface area (Å²) < 4.78 is 36.3. The van der Waals surface area contributed by atoms with E-state index in [1.54, 1.807) is 0 Å². The molecule has 95 heavy (non-hydrogen) atoms. The molecule has 14 nitrogen and oxygen atoms in total. The molecule has 1 aromatic heterocycles. The normalized spacial score (nSPS) is 16.9. The molecule has 1 aliphatic rings. The van der Waals surface area contributed by atoms with Gasteiger partial charge in [0.1, 0.15) is 5.82 Å². The quantitative estimate of drug-likeness (QED) is 0.0403. The lowest BCUT2D eigenvalue weighted by molar-refractivity contribution is -0.0188. The first-order valence-corrected chi connectivity index (χ1v) is 50.4. The van der Waals surface area contributed by atoms with E-state index < -0.39 is 41.6 Å². The Labute approximate surface area is 583 Å². The smallest absolute Gasteiger partial charge is 0.251 e. The van der Waals surface area contributed by atoms with Crippen LogP contribution in [0.2, 0.25) is 90.7 Å². The lowest BCUT2D eigenvalue weighted by Gasteiger charge is -2.47. The predicted molar refractivity (Wildman–Crippen MR) is 416 cm³/mol. The van der Waals surface area contributed by atoms with Gasteiger partial charge in [-0.25, -0.2) is 4.98 Å². The molecule has 0 unspecified atom stereocenters. The van der Waals surface area contributed by atoms with E-state index in [-0.39, 0.29) is 85.1 Å². The fourth-order valence-corrected chi connectivity index (χ4v) is 18.2. The lowest BCUT2D eigenvalue weighted by Crippen LogP contribution is -2.55. The van der Waals surface area contributed by atoms with Crippen molar-refractivity contribution in [1.82, 2.24) is 30.4 Å². The highest BCUT2D eigenvalue weighted by atomic mass is 28.4. The van der Waals surface area contributed by atoms with E-state index in [1.807, 2.05) is 36.4 Å². The largest absolute Gasteiger partial charge is 0.414 e. The first kappa shape index (κ1) is 82.2. The van der Waals surface area contributed by atoms with Crippen molar-refractivity contribution in [2.45, 2.75) is 266 Å². The third kappa shape index (κ3) is 21.5. The second-order valence-electron chi connectivity index (χ2n) is 36.2. The number of carbonyl (C=O) groups is 2. The van der Waals surface area contributed by atoms with Gasteiger partial charge in [-0.05, 0) is 171 Å². The van der Waals surface area contributed by atoms with Crippen LogP contribution in [0.25, 0.3) is 22.4 Å². The zero-order chi connectivity index (χ0) is 72.2. The van der Waals surface area contributed by atoms with Gasteiger partial charge in [0.05, 0.1) is 47.4 Å². The number of aromatic amines is 1. The number of amides is 2. The molecule has 3 aromatic carbocycles. The number of likely N-dealkylation sites (N-methyl/N-ethyl adjacent to an activating group) is 2. The highest BCUT2D eigenvalue weighted by Gasteiger charge is 2.49. The molecule has 0 radical (unpaired) electrons. The maximum atomic E-state index is 13.8. The van der Waals surface area contributed by atoms with Crippen molar-refractivity contribution in [3.8, 4) is 11.4 Å². The molecule has 536 valence electrons. The van der Waals surface area contributed by atoms with E-state index in [9.17, 15) is 9.59 Å². The molecule has 2 amide bonds. The minimum absolute atomic E-state index is 0.0326. The third-order valence-corrected chi connectivity index (χ3v) is 45.5. The van der Waals surface area contributed by atoms with Crippen molar-refractivity contribution in [3.63, 3.8) is 0 Å². The van der Waals surface area contributed by atoms with Gasteiger partial charge in [-0.3, -0.25) is 14.6 Å². The number of benzene rings is 3. The predicted octanol–water partition coefficient (Wildman–Crippen LogP) is 18.8. The molecule has 0 spiro atoms. The highest BCUT2D eigenvalue weighted by Crippen LogP contribution is 2.46. The van der Waals surface area contributed by atoms with Crippen LogP contribution in [-0.2, 0) is 28.6 Å². The van der Waals surface area contributed by atoms with Gasteiger partial charge in [0, 0.05) is 80.3 Å². The van der Waals surface area contributed by atoms with Gasteiger partial charge < -0.3 is 47.5 Å². The van der Waals surface area contributed by atoms with Crippen LogP contribution in [0, 0.1) is 23.7 Å². The Morgan fingerprint density at radius 2 is 0.937 bits per heavy atom. The number of aromatic nitrogens is 2. The number of nitrogens with one attached hydrogen (secondary N) is 3. The summed E-state index contributed by atoms with van der Waals surface area (Å²) in [6, 6.07) is 19.8.